The van der Waals surface area contributed by atoms with Gasteiger partial charge < -0.3 is 4.42 Å². The van der Waals surface area contributed by atoms with Crippen LogP contribution in [0.1, 0.15) is 37.6 Å². The van der Waals surface area contributed by atoms with Crippen LogP contribution in [0.3, 0.4) is 0 Å². The third-order valence-corrected chi connectivity index (χ3v) is 3.55. The van der Waals surface area contributed by atoms with Gasteiger partial charge in [-0.3, -0.25) is 9.36 Å². The van der Waals surface area contributed by atoms with E-state index in [2.05, 4.69) is 0 Å². The number of benzene rings is 1. The van der Waals surface area contributed by atoms with Crippen molar-refractivity contribution in [3.05, 3.63) is 34.3 Å². The monoisotopic (exact) mass is 247 g/mol. The zero-order chi connectivity index (χ0) is 13.5. The summed E-state index contributed by atoms with van der Waals surface area (Å²) in [5.41, 5.74) is 1.35. The molecule has 0 radical (unpaired) electrons. The minimum Gasteiger partial charge on any atom is -0.408 e. The van der Waals surface area contributed by atoms with Crippen LogP contribution in [0.2, 0.25) is 0 Å². The topological polar surface area (TPSA) is 52.2 Å². The number of aryl methyl sites for hydroxylation is 1. The molecule has 2 aromatic rings. The lowest BCUT2D eigenvalue weighted by Crippen LogP contribution is -2.23. The minimum atomic E-state index is -0.413. The molecule has 0 unspecified atom stereocenters. The number of carbonyl (C=O) groups is 1. The first-order valence-corrected chi connectivity index (χ1v) is 6.01. The highest BCUT2D eigenvalue weighted by Crippen LogP contribution is 2.27. The summed E-state index contributed by atoms with van der Waals surface area (Å²) >= 11 is 0. The molecule has 0 bridgehead atoms. The van der Waals surface area contributed by atoms with Crippen LogP contribution in [0, 0.1) is 5.41 Å². The molecule has 0 aliphatic carbocycles. The van der Waals surface area contributed by atoms with Gasteiger partial charge in [0.25, 0.3) is 0 Å². The van der Waals surface area contributed by atoms with Crippen LogP contribution in [0.15, 0.2) is 27.4 Å². The molecule has 2 rings (SSSR count). The van der Waals surface area contributed by atoms with Gasteiger partial charge in [0.2, 0.25) is 0 Å². The van der Waals surface area contributed by atoms with E-state index in [1.165, 1.54) is 4.57 Å². The zero-order valence-electron chi connectivity index (χ0n) is 11.1. The van der Waals surface area contributed by atoms with E-state index in [1.807, 2.05) is 20.8 Å². The van der Waals surface area contributed by atoms with Crippen molar-refractivity contribution in [2.75, 3.05) is 0 Å². The van der Waals surface area contributed by atoms with Crippen molar-refractivity contribution < 1.29 is 9.21 Å². The van der Waals surface area contributed by atoms with Crippen molar-refractivity contribution in [3.8, 4) is 0 Å². The molecular formula is C14H17NO3. The fourth-order valence-corrected chi connectivity index (χ4v) is 1.83. The number of ketones is 1. The Morgan fingerprint density at radius 2 is 2.06 bits per heavy atom. The Labute approximate surface area is 105 Å². The summed E-state index contributed by atoms with van der Waals surface area (Å²) in [6.45, 7) is 5.82. The molecule has 0 aliphatic rings. The summed E-state index contributed by atoms with van der Waals surface area (Å²) in [6.07, 6.45) is 0.766. The molecule has 0 saturated carbocycles. The summed E-state index contributed by atoms with van der Waals surface area (Å²) < 4.78 is 6.52. The number of oxazole rings is 1. The van der Waals surface area contributed by atoms with Gasteiger partial charge in [0.15, 0.2) is 11.4 Å². The van der Waals surface area contributed by atoms with Crippen molar-refractivity contribution in [2.45, 2.75) is 27.2 Å². The number of nitrogens with zero attached hydrogens (tertiary/aromatic N) is 1. The van der Waals surface area contributed by atoms with E-state index in [9.17, 15) is 9.59 Å². The highest BCUT2D eigenvalue weighted by molar-refractivity contribution is 6.02. The molecule has 0 N–H and O–H groups in total. The second-order valence-corrected chi connectivity index (χ2v) is 5.18. The van der Waals surface area contributed by atoms with Crippen LogP contribution < -0.4 is 5.76 Å². The Morgan fingerprint density at radius 3 is 2.67 bits per heavy atom. The maximum atomic E-state index is 12.3. The smallest absolute Gasteiger partial charge is 0.408 e. The number of hydrogen-bond donors (Lipinski definition) is 0. The first-order valence-electron chi connectivity index (χ1n) is 6.01. The lowest BCUT2D eigenvalue weighted by Gasteiger charge is -2.20. The molecular weight excluding hydrogens is 230 g/mol. The second-order valence-electron chi connectivity index (χ2n) is 5.18. The molecule has 4 heteroatoms. The summed E-state index contributed by atoms with van der Waals surface area (Å²) in [4.78, 5) is 23.7. The number of aromatic nitrogens is 1. The lowest BCUT2D eigenvalue weighted by molar-refractivity contribution is 0.0833. The zero-order valence-corrected chi connectivity index (χ0v) is 11.1. The average molecular weight is 247 g/mol. The molecule has 0 aliphatic heterocycles. The fourth-order valence-electron chi connectivity index (χ4n) is 1.83. The summed E-state index contributed by atoms with van der Waals surface area (Å²) in [5, 5.41) is 0. The largest absolute Gasteiger partial charge is 0.419 e. The predicted molar refractivity (Wildman–Crippen MR) is 69.9 cm³/mol. The Morgan fingerprint density at radius 1 is 1.39 bits per heavy atom. The molecule has 1 aromatic heterocycles. The van der Waals surface area contributed by atoms with E-state index < -0.39 is 11.2 Å². The lowest BCUT2D eigenvalue weighted by atomic mass is 9.82. The Balaban J connectivity index is 2.55. The summed E-state index contributed by atoms with van der Waals surface area (Å²) in [5.74, 6) is -0.345. The number of carbonyl (C=O) groups excluding carboxylic acids is 1. The van der Waals surface area contributed by atoms with Crippen LogP contribution in [0.5, 0.6) is 0 Å². The van der Waals surface area contributed by atoms with E-state index in [-0.39, 0.29) is 5.78 Å². The van der Waals surface area contributed by atoms with Gasteiger partial charge in [0, 0.05) is 18.0 Å². The molecule has 0 amide bonds. The minimum absolute atomic E-state index is 0.0680. The van der Waals surface area contributed by atoms with Crippen molar-refractivity contribution in [2.24, 2.45) is 12.5 Å². The molecule has 1 heterocycles. The predicted octanol–water partition coefficient (Wildman–Crippen LogP) is 2.75. The fraction of sp³-hybridized carbons (Fsp3) is 0.429. The van der Waals surface area contributed by atoms with Gasteiger partial charge in [-0.2, -0.15) is 0 Å². The normalized spacial score (nSPS) is 12.0. The molecule has 0 saturated heterocycles. The third kappa shape index (κ3) is 1.88. The maximum Gasteiger partial charge on any atom is 0.419 e. The molecule has 0 atom stereocenters. The van der Waals surface area contributed by atoms with Crippen molar-refractivity contribution in [1.29, 1.82) is 0 Å². The summed E-state index contributed by atoms with van der Waals surface area (Å²) in [6, 6.07) is 5.15. The number of rotatable bonds is 3. The maximum absolute atomic E-state index is 12.3. The van der Waals surface area contributed by atoms with Gasteiger partial charge in [-0.05, 0) is 24.6 Å². The van der Waals surface area contributed by atoms with E-state index >= 15 is 0 Å². The van der Waals surface area contributed by atoms with Crippen molar-refractivity contribution >= 4 is 16.9 Å². The third-order valence-electron chi connectivity index (χ3n) is 3.55. The SMILES string of the molecule is CCC(C)(C)C(=O)c1ccc2c(c1)oc(=O)n2C. The van der Waals surface area contributed by atoms with Crippen LogP contribution in [-0.4, -0.2) is 10.4 Å². The van der Waals surface area contributed by atoms with Crippen LogP contribution in [0.4, 0.5) is 0 Å². The van der Waals surface area contributed by atoms with Crippen LogP contribution in [0.25, 0.3) is 11.1 Å². The number of fused-ring (bicyclic) bond motifs is 1. The molecule has 0 spiro atoms. The van der Waals surface area contributed by atoms with Gasteiger partial charge in [-0.25, -0.2) is 4.79 Å². The molecule has 18 heavy (non-hydrogen) atoms. The van der Waals surface area contributed by atoms with Crippen molar-refractivity contribution in [1.82, 2.24) is 4.57 Å². The Kier molecular flexibility index (Phi) is 2.89. The van der Waals surface area contributed by atoms with Crippen molar-refractivity contribution in [3.63, 3.8) is 0 Å². The first-order chi connectivity index (χ1) is 8.36. The number of Topliss-reactive ketones (excluding diaryl/α,β-unsaturated/α-hetero) is 1. The Bertz CT molecular complexity index is 661. The van der Waals surface area contributed by atoms with E-state index in [0.29, 0.717) is 16.7 Å². The van der Waals surface area contributed by atoms with Gasteiger partial charge in [-0.15, -0.1) is 0 Å². The van der Waals surface area contributed by atoms with Crippen LogP contribution >= 0.6 is 0 Å². The first kappa shape index (κ1) is 12.6. The van der Waals surface area contributed by atoms with Gasteiger partial charge in [-0.1, -0.05) is 20.8 Å². The molecule has 4 nitrogen and oxygen atoms in total. The van der Waals surface area contributed by atoms with Gasteiger partial charge >= 0.3 is 5.76 Å². The molecule has 96 valence electrons. The average Bonchev–Trinajstić information content (AvgIpc) is 2.63. The molecule has 1 aromatic carbocycles. The van der Waals surface area contributed by atoms with E-state index in [0.717, 1.165) is 6.42 Å². The van der Waals surface area contributed by atoms with E-state index in [4.69, 9.17) is 4.42 Å². The Hall–Kier alpha value is -1.84. The summed E-state index contributed by atoms with van der Waals surface area (Å²) in [7, 11) is 1.64. The highest BCUT2D eigenvalue weighted by atomic mass is 16.4. The van der Waals surface area contributed by atoms with E-state index in [1.54, 1.807) is 25.2 Å². The quantitative estimate of drug-likeness (QED) is 0.784. The van der Waals surface area contributed by atoms with Gasteiger partial charge in [0.1, 0.15) is 0 Å². The molecule has 0 fully saturated rings. The van der Waals surface area contributed by atoms with Crippen LogP contribution in [-0.2, 0) is 7.05 Å². The standard InChI is InChI=1S/C14H17NO3/c1-5-14(2,3)12(16)9-6-7-10-11(8-9)18-13(17)15(10)4/h6-8H,5H2,1-4H3. The number of hydrogen-bond acceptors (Lipinski definition) is 3. The second kappa shape index (κ2) is 4.12. The highest BCUT2D eigenvalue weighted by Gasteiger charge is 2.27. The van der Waals surface area contributed by atoms with Gasteiger partial charge in [0.05, 0.1) is 5.52 Å².